The van der Waals surface area contributed by atoms with Crippen molar-refractivity contribution in [1.82, 2.24) is 4.57 Å². The van der Waals surface area contributed by atoms with Gasteiger partial charge in [-0.2, -0.15) is 0 Å². The van der Waals surface area contributed by atoms with Crippen LogP contribution in [0.5, 0.6) is 0 Å². The van der Waals surface area contributed by atoms with Crippen LogP contribution in [0.2, 0.25) is 0 Å². The van der Waals surface area contributed by atoms with E-state index in [2.05, 4.69) is 30.6 Å². The van der Waals surface area contributed by atoms with Crippen LogP contribution in [0.25, 0.3) is 16.5 Å². The maximum Gasteiger partial charge on any atom is 0.340 e. The Labute approximate surface area is 132 Å². The van der Waals surface area contributed by atoms with Crippen molar-refractivity contribution in [2.24, 2.45) is 7.05 Å². The fourth-order valence-corrected chi connectivity index (χ4v) is 2.98. The minimum atomic E-state index is -0.259. The quantitative estimate of drug-likeness (QED) is 0.707. The number of hydrogen-bond acceptors (Lipinski definition) is 2. The van der Waals surface area contributed by atoms with Crippen molar-refractivity contribution in [3.63, 3.8) is 0 Å². The summed E-state index contributed by atoms with van der Waals surface area (Å²) in [5, 5.41) is 0.963. The van der Waals surface area contributed by atoms with Gasteiger partial charge in [-0.25, -0.2) is 4.79 Å². The smallest absolute Gasteiger partial charge is 0.340 e. The number of benzene rings is 1. The van der Waals surface area contributed by atoms with E-state index in [4.69, 9.17) is 4.74 Å². The van der Waals surface area contributed by atoms with Gasteiger partial charge in [-0.1, -0.05) is 51.0 Å². The topological polar surface area (TPSA) is 31.2 Å². The molecule has 0 atom stereocenters. The first-order chi connectivity index (χ1) is 10.7. The summed E-state index contributed by atoms with van der Waals surface area (Å²) in [6, 6.07) is 8.01. The molecule has 0 bridgehead atoms. The van der Waals surface area contributed by atoms with Gasteiger partial charge in [-0.15, -0.1) is 0 Å². The summed E-state index contributed by atoms with van der Waals surface area (Å²) >= 11 is 0. The Hall–Kier alpha value is -2.03. The monoisotopic (exact) mass is 299 g/mol. The van der Waals surface area contributed by atoms with Crippen molar-refractivity contribution >= 4 is 22.4 Å². The molecule has 0 saturated carbocycles. The third kappa shape index (κ3) is 2.94. The minimum Gasteiger partial charge on any atom is -0.465 e. The molecule has 0 fully saturated rings. The maximum atomic E-state index is 12.4. The molecule has 22 heavy (non-hydrogen) atoms. The molecule has 1 heterocycles. The predicted octanol–water partition coefficient (Wildman–Crippen LogP) is 4.95. The molecule has 118 valence electrons. The normalized spacial score (nSPS) is 11.9. The van der Waals surface area contributed by atoms with E-state index in [0.717, 1.165) is 42.3 Å². The first-order valence-electron chi connectivity index (χ1n) is 8.00. The number of fused-ring (bicyclic) bond motifs is 1. The van der Waals surface area contributed by atoms with E-state index >= 15 is 0 Å². The lowest BCUT2D eigenvalue weighted by molar-refractivity contribution is 0.0602. The molecule has 0 aliphatic carbocycles. The summed E-state index contributed by atoms with van der Waals surface area (Å²) in [6.45, 7) is 4.34. The Kier molecular flexibility index (Phi) is 5.42. The highest BCUT2D eigenvalue weighted by Gasteiger charge is 2.23. The number of hydrogen-bond donors (Lipinski definition) is 0. The summed E-state index contributed by atoms with van der Waals surface area (Å²) in [5.41, 5.74) is 4.00. The molecule has 2 aromatic rings. The van der Waals surface area contributed by atoms with E-state index in [1.54, 1.807) is 0 Å². The second kappa shape index (κ2) is 7.30. The fourth-order valence-electron chi connectivity index (χ4n) is 2.98. The number of allylic oxidation sites excluding steroid dienone is 2. The number of esters is 1. The molecular formula is C19H25NO2. The Bertz CT molecular complexity index is 695. The Morgan fingerprint density at radius 2 is 1.95 bits per heavy atom. The van der Waals surface area contributed by atoms with Crippen molar-refractivity contribution in [3.8, 4) is 0 Å². The van der Waals surface area contributed by atoms with E-state index < -0.39 is 0 Å². The van der Waals surface area contributed by atoms with Crippen LogP contribution in [-0.4, -0.2) is 17.6 Å². The van der Waals surface area contributed by atoms with Gasteiger partial charge >= 0.3 is 5.97 Å². The van der Waals surface area contributed by atoms with Crippen LogP contribution in [0.4, 0.5) is 0 Å². The van der Waals surface area contributed by atoms with Crippen LogP contribution >= 0.6 is 0 Å². The summed E-state index contributed by atoms with van der Waals surface area (Å²) in [7, 11) is 3.47. The van der Waals surface area contributed by atoms with Crippen LogP contribution in [0.1, 0.15) is 55.6 Å². The number of nitrogens with zero attached hydrogens (tertiary/aromatic N) is 1. The zero-order valence-corrected chi connectivity index (χ0v) is 14.0. The van der Waals surface area contributed by atoms with E-state index in [9.17, 15) is 4.79 Å². The third-order valence-corrected chi connectivity index (χ3v) is 4.00. The molecule has 3 heteroatoms. The predicted molar refractivity (Wildman–Crippen MR) is 92.1 cm³/mol. The van der Waals surface area contributed by atoms with Crippen molar-refractivity contribution < 1.29 is 9.53 Å². The van der Waals surface area contributed by atoms with Gasteiger partial charge in [0.1, 0.15) is 0 Å². The lowest BCUT2D eigenvalue weighted by atomic mass is 10.00. The zero-order chi connectivity index (χ0) is 16.1. The fraction of sp³-hybridized carbons (Fsp3) is 0.421. The van der Waals surface area contributed by atoms with Crippen LogP contribution in [0.3, 0.4) is 0 Å². The highest BCUT2D eigenvalue weighted by atomic mass is 16.5. The summed E-state index contributed by atoms with van der Waals surface area (Å²) in [6.07, 6.45) is 6.41. The Morgan fingerprint density at radius 3 is 2.59 bits per heavy atom. The molecule has 1 aromatic carbocycles. The van der Waals surface area contributed by atoms with Crippen LogP contribution in [-0.2, 0) is 11.8 Å². The van der Waals surface area contributed by atoms with Gasteiger partial charge in [0.25, 0.3) is 0 Å². The molecule has 0 spiro atoms. The lowest BCUT2D eigenvalue weighted by Gasteiger charge is -2.11. The van der Waals surface area contributed by atoms with Crippen molar-refractivity contribution in [3.05, 3.63) is 41.6 Å². The molecule has 0 saturated heterocycles. The van der Waals surface area contributed by atoms with Crippen LogP contribution in [0, 0.1) is 0 Å². The average Bonchev–Trinajstić information content (AvgIpc) is 2.84. The molecule has 1 aromatic heterocycles. The van der Waals surface area contributed by atoms with Gasteiger partial charge in [0.15, 0.2) is 0 Å². The number of para-hydroxylation sites is 1. The summed E-state index contributed by atoms with van der Waals surface area (Å²) < 4.78 is 7.18. The van der Waals surface area contributed by atoms with E-state index in [-0.39, 0.29) is 5.97 Å². The number of ether oxygens (including phenoxy) is 1. The molecule has 0 N–H and O–H groups in total. The molecule has 2 rings (SSSR count). The molecule has 3 nitrogen and oxygen atoms in total. The second-order valence-electron chi connectivity index (χ2n) is 5.56. The largest absolute Gasteiger partial charge is 0.465 e. The van der Waals surface area contributed by atoms with Gasteiger partial charge in [-0.3, -0.25) is 0 Å². The van der Waals surface area contributed by atoms with Crippen LogP contribution < -0.4 is 0 Å². The van der Waals surface area contributed by atoms with Gasteiger partial charge in [0.05, 0.1) is 18.4 Å². The number of unbranched alkanes of at least 4 members (excludes halogenated alkanes) is 1. The Morgan fingerprint density at radius 1 is 1.23 bits per heavy atom. The SMILES string of the molecule is CCC/C=C(\CCC)c1c(C(=O)OC)c2ccccc2n1C. The number of aromatic nitrogens is 1. The Balaban J connectivity index is 2.74. The molecular weight excluding hydrogens is 274 g/mol. The van der Waals surface area contributed by atoms with Gasteiger partial charge in [0.2, 0.25) is 0 Å². The highest BCUT2D eigenvalue weighted by molar-refractivity contribution is 6.08. The zero-order valence-electron chi connectivity index (χ0n) is 14.0. The molecule has 0 amide bonds. The maximum absolute atomic E-state index is 12.4. The number of carbonyl (C=O) groups is 1. The summed E-state index contributed by atoms with van der Waals surface area (Å²) in [5.74, 6) is -0.259. The van der Waals surface area contributed by atoms with Crippen molar-refractivity contribution in [2.75, 3.05) is 7.11 Å². The lowest BCUT2D eigenvalue weighted by Crippen LogP contribution is -2.06. The number of carbonyl (C=O) groups excluding carboxylic acids is 1. The number of aryl methyl sites for hydroxylation is 1. The first-order valence-corrected chi connectivity index (χ1v) is 8.00. The van der Waals surface area contributed by atoms with Crippen molar-refractivity contribution in [2.45, 2.75) is 39.5 Å². The standard InChI is InChI=1S/C19H25NO2/c1-5-7-11-14(10-6-2)18-17(19(21)22-4)15-12-8-9-13-16(15)20(18)3/h8-9,11-13H,5-7,10H2,1-4H3/b14-11+. The first kappa shape index (κ1) is 16.3. The molecule has 0 aliphatic rings. The van der Waals surface area contributed by atoms with Gasteiger partial charge < -0.3 is 9.30 Å². The van der Waals surface area contributed by atoms with E-state index in [1.807, 2.05) is 25.2 Å². The third-order valence-electron chi connectivity index (χ3n) is 4.00. The van der Waals surface area contributed by atoms with E-state index in [1.165, 1.54) is 12.7 Å². The highest BCUT2D eigenvalue weighted by Crippen LogP contribution is 2.33. The van der Waals surface area contributed by atoms with Gasteiger partial charge in [-0.05, 0) is 24.5 Å². The van der Waals surface area contributed by atoms with Crippen molar-refractivity contribution in [1.29, 1.82) is 0 Å². The number of methoxy groups -OCH3 is 1. The minimum absolute atomic E-state index is 0.259. The van der Waals surface area contributed by atoms with E-state index in [0.29, 0.717) is 5.56 Å². The van der Waals surface area contributed by atoms with Gasteiger partial charge in [0, 0.05) is 18.0 Å². The molecule has 0 radical (unpaired) electrons. The molecule has 0 unspecified atom stereocenters. The number of rotatable bonds is 6. The van der Waals surface area contributed by atoms with Crippen LogP contribution in [0.15, 0.2) is 30.3 Å². The average molecular weight is 299 g/mol. The summed E-state index contributed by atoms with van der Waals surface area (Å²) in [4.78, 5) is 12.4. The molecule has 0 aliphatic heterocycles. The second-order valence-corrected chi connectivity index (χ2v) is 5.56.